The predicted octanol–water partition coefficient (Wildman–Crippen LogP) is 3.56. The fourth-order valence-electron chi connectivity index (χ4n) is 6.03. The second-order valence-corrected chi connectivity index (χ2v) is 10.1. The maximum Gasteiger partial charge on any atom is 0.254 e. The second-order valence-electron chi connectivity index (χ2n) is 10.1. The zero-order chi connectivity index (χ0) is 22.3. The van der Waals surface area contributed by atoms with E-state index in [-0.39, 0.29) is 18.0 Å². The summed E-state index contributed by atoms with van der Waals surface area (Å²) in [7, 11) is 2.05. The molecule has 2 bridgehead atoms. The lowest BCUT2D eigenvalue weighted by Gasteiger charge is -2.27. The van der Waals surface area contributed by atoms with E-state index in [1.54, 1.807) is 0 Å². The van der Waals surface area contributed by atoms with Crippen molar-refractivity contribution < 1.29 is 4.79 Å². The Balaban J connectivity index is 1.30. The van der Waals surface area contributed by atoms with Crippen molar-refractivity contribution >= 4 is 28.0 Å². The van der Waals surface area contributed by atoms with Gasteiger partial charge in [-0.2, -0.15) is 0 Å². The number of rotatable bonds is 4. The van der Waals surface area contributed by atoms with E-state index in [9.17, 15) is 4.79 Å². The summed E-state index contributed by atoms with van der Waals surface area (Å²) in [4.78, 5) is 25.0. The van der Waals surface area contributed by atoms with Gasteiger partial charge in [-0.25, -0.2) is 9.97 Å². The Bertz CT molecular complexity index is 1410. The number of amides is 1. The smallest absolute Gasteiger partial charge is 0.254 e. The zero-order valence-corrected chi connectivity index (χ0v) is 18.8. The molecule has 1 amide bonds. The van der Waals surface area contributed by atoms with E-state index in [1.807, 2.05) is 35.4 Å². The Labute approximate surface area is 192 Å². The van der Waals surface area contributed by atoms with Crippen LogP contribution in [0.15, 0.2) is 42.6 Å². The number of aryl methyl sites for hydroxylation is 1. The van der Waals surface area contributed by atoms with Crippen molar-refractivity contribution in [2.75, 3.05) is 6.54 Å². The lowest BCUT2D eigenvalue weighted by Crippen LogP contribution is -2.41. The van der Waals surface area contributed by atoms with E-state index in [4.69, 9.17) is 10.7 Å². The molecule has 4 heterocycles. The van der Waals surface area contributed by atoms with Gasteiger partial charge in [0.25, 0.3) is 5.91 Å². The largest absolute Gasteiger partial charge is 0.334 e. The van der Waals surface area contributed by atoms with Crippen LogP contribution < -0.4 is 5.73 Å². The third kappa shape index (κ3) is 2.88. The van der Waals surface area contributed by atoms with Crippen LogP contribution in [-0.2, 0) is 13.6 Å². The van der Waals surface area contributed by atoms with E-state index < -0.39 is 0 Å². The fourth-order valence-corrected chi connectivity index (χ4v) is 6.03. The Morgan fingerprint density at radius 3 is 2.79 bits per heavy atom. The molecule has 1 saturated heterocycles. The SMILES string of the molecule is Cn1c(-c2cc3cccnc3n2CC2CC2)nc2cc(C(=O)N3C[C@H]4CC[C@@H]3C4N)ccc21. The van der Waals surface area contributed by atoms with E-state index >= 15 is 0 Å². The van der Waals surface area contributed by atoms with Crippen molar-refractivity contribution in [2.45, 2.75) is 44.3 Å². The van der Waals surface area contributed by atoms with Crippen LogP contribution in [0.2, 0.25) is 0 Å². The Morgan fingerprint density at radius 1 is 1.15 bits per heavy atom. The van der Waals surface area contributed by atoms with Gasteiger partial charge in [-0.3, -0.25) is 4.79 Å². The number of nitrogens with two attached hydrogens (primary N) is 1. The maximum absolute atomic E-state index is 13.3. The molecule has 3 fully saturated rings. The molecule has 2 aliphatic carbocycles. The molecule has 1 aromatic carbocycles. The van der Waals surface area contributed by atoms with Crippen molar-refractivity contribution in [3.8, 4) is 11.5 Å². The number of pyridine rings is 1. The highest BCUT2D eigenvalue weighted by Crippen LogP contribution is 2.38. The molecular formula is C26H28N6O. The number of piperidine rings is 1. The lowest BCUT2D eigenvalue weighted by atomic mass is 10.1. The van der Waals surface area contributed by atoms with Crippen LogP contribution in [0.5, 0.6) is 0 Å². The third-order valence-electron chi connectivity index (χ3n) is 8.06. The molecule has 168 valence electrons. The molecule has 33 heavy (non-hydrogen) atoms. The number of aromatic nitrogens is 4. The van der Waals surface area contributed by atoms with Crippen molar-refractivity contribution in [2.24, 2.45) is 24.6 Å². The van der Waals surface area contributed by atoms with Gasteiger partial charge in [0.1, 0.15) is 5.65 Å². The molecule has 1 aliphatic heterocycles. The number of fused-ring (bicyclic) bond motifs is 4. The number of imidazole rings is 1. The first kappa shape index (κ1) is 19.3. The number of hydrogen-bond acceptors (Lipinski definition) is 4. The topological polar surface area (TPSA) is 82.0 Å². The minimum Gasteiger partial charge on any atom is -0.334 e. The van der Waals surface area contributed by atoms with Crippen LogP contribution in [-0.4, -0.2) is 48.5 Å². The van der Waals surface area contributed by atoms with Crippen LogP contribution in [0.1, 0.15) is 36.0 Å². The lowest BCUT2D eigenvalue weighted by molar-refractivity contribution is 0.0701. The van der Waals surface area contributed by atoms with Gasteiger partial charge in [-0.1, -0.05) is 0 Å². The predicted molar refractivity (Wildman–Crippen MR) is 128 cm³/mol. The van der Waals surface area contributed by atoms with Crippen molar-refractivity contribution in [1.29, 1.82) is 0 Å². The van der Waals surface area contributed by atoms with Gasteiger partial charge in [-0.05, 0) is 73.9 Å². The molecule has 7 rings (SSSR count). The molecule has 4 aromatic rings. The highest BCUT2D eigenvalue weighted by Gasteiger charge is 2.46. The number of carbonyl (C=O) groups is 1. The number of carbonyl (C=O) groups excluding carboxylic acids is 1. The van der Waals surface area contributed by atoms with E-state index in [0.29, 0.717) is 11.5 Å². The van der Waals surface area contributed by atoms with Crippen LogP contribution >= 0.6 is 0 Å². The number of hydrogen-bond donors (Lipinski definition) is 1. The van der Waals surface area contributed by atoms with Gasteiger partial charge in [0, 0.05) is 49.4 Å². The molecule has 1 unspecified atom stereocenters. The summed E-state index contributed by atoms with van der Waals surface area (Å²) in [5, 5.41) is 1.14. The fraction of sp³-hybridized carbons (Fsp3) is 0.423. The van der Waals surface area contributed by atoms with Gasteiger partial charge in [0.05, 0.1) is 16.7 Å². The van der Waals surface area contributed by atoms with Crippen LogP contribution in [0, 0.1) is 11.8 Å². The number of likely N-dealkylation sites (tertiary alicyclic amines) is 1. The third-order valence-corrected chi connectivity index (χ3v) is 8.06. The van der Waals surface area contributed by atoms with Gasteiger partial charge in [0.2, 0.25) is 0 Å². The van der Waals surface area contributed by atoms with Crippen LogP contribution in [0.3, 0.4) is 0 Å². The molecule has 3 aromatic heterocycles. The normalized spacial score (nSPS) is 24.4. The minimum atomic E-state index is 0.0822. The number of nitrogens with zero attached hydrogens (tertiary/aromatic N) is 5. The molecular weight excluding hydrogens is 412 g/mol. The van der Waals surface area contributed by atoms with Crippen LogP contribution in [0.4, 0.5) is 0 Å². The summed E-state index contributed by atoms with van der Waals surface area (Å²) in [5.41, 5.74) is 11.0. The summed E-state index contributed by atoms with van der Waals surface area (Å²) < 4.78 is 4.46. The average molecular weight is 441 g/mol. The van der Waals surface area contributed by atoms with Gasteiger partial charge < -0.3 is 19.8 Å². The molecule has 7 heteroatoms. The van der Waals surface area contributed by atoms with Crippen molar-refractivity contribution in [1.82, 2.24) is 24.0 Å². The van der Waals surface area contributed by atoms with Crippen LogP contribution in [0.25, 0.3) is 33.6 Å². The minimum absolute atomic E-state index is 0.0822. The molecule has 0 spiro atoms. The Morgan fingerprint density at radius 2 is 2.03 bits per heavy atom. The monoisotopic (exact) mass is 440 g/mol. The Kier molecular flexibility index (Phi) is 4.04. The summed E-state index contributed by atoms with van der Waals surface area (Å²) >= 11 is 0. The summed E-state index contributed by atoms with van der Waals surface area (Å²) in [6, 6.07) is 12.5. The first-order valence-corrected chi connectivity index (χ1v) is 12.1. The van der Waals surface area contributed by atoms with Crippen molar-refractivity contribution in [3.05, 3.63) is 48.2 Å². The standard InChI is InChI=1S/C26H28N6O/c1-30-20-8-6-17(26(33)32-14-18-7-9-21(32)23(18)27)11-19(20)29-25(30)22-12-16-3-2-10-28-24(16)31(22)13-15-4-5-15/h2-3,6,8,10-12,15,18,21,23H,4-5,7,9,13-14,27H2,1H3/t18-,21-,23?/m1/s1. The highest BCUT2D eigenvalue weighted by atomic mass is 16.2. The molecule has 3 atom stereocenters. The molecule has 7 nitrogen and oxygen atoms in total. The van der Waals surface area contributed by atoms with Gasteiger partial charge in [0.15, 0.2) is 5.82 Å². The number of benzene rings is 1. The van der Waals surface area contributed by atoms with E-state index in [1.165, 1.54) is 12.8 Å². The second kappa shape index (κ2) is 6.90. The molecule has 3 aliphatic rings. The summed E-state index contributed by atoms with van der Waals surface area (Å²) in [5.74, 6) is 2.17. The average Bonchev–Trinajstić information content (AvgIpc) is 3.24. The summed E-state index contributed by atoms with van der Waals surface area (Å²) in [6.07, 6.45) is 6.58. The quantitative estimate of drug-likeness (QED) is 0.526. The highest BCUT2D eigenvalue weighted by molar-refractivity contribution is 5.98. The zero-order valence-electron chi connectivity index (χ0n) is 18.8. The first-order chi connectivity index (χ1) is 16.1. The Hall–Kier alpha value is -3.19. The van der Waals surface area contributed by atoms with E-state index in [2.05, 4.69) is 33.3 Å². The van der Waals surface area contributed by atoms with E-state index in [0.717, 1.165) is 65.4 Å². The van der Waals surface area contributed by atoms with Gasteiger partial charge in [-0.15, -0.1) is 0 Å². The molecule has 0 radical (unpaired) electrons. The maximum atomic E-state index is 13.3. The van der Waals surface area contributed by atoms with Crippen molar-refractivity contribution in [3.63, 3.8) is 0 Å². The summed E-state index contributed by atoms with van der Waals surface area (Å²) in [6.45, 7) is 1.75. The first-order valence-electron chi connectivity index (χ1n) is 12.1. The molecule has 2 N–H and O–H groups in total. The van der Waals surface area contributed by atoms with Gasteiger partial charge >= 0.3 is 0 Å². The molecule has 2 saturated carbocycles.